The SMILES string of the molecule is Cc1nc2c(-c3cccc(F)c3)c(C)[nH]n2c(=O)c1C. The Morgan fingerprint density at radius 3 is 2.70 bits per heavy atom. The van der Waals surface area contributed by atoms with E-state index in [0.717, 1.165) is 11.3 Å². The maximum atomic E-state index is 13.4. The van der Waals surface area contributed by atoms with Crippen LogP contribution < -0.4 is 5.56 Å². The first-order valence-corrected chi connectivity index (χ1v) is 6.33. The summed E-state index contributed by atoms with van der Waals surface area (Å²) in [7, 11) is 0. The number of nitrogens with one attached hydrogen (secondary N) is 1. The second kappa shape index (κ2) is 4.30. The van der Waals surface area contributed by atoms with E-state index in [0.29, 0.717) is 22.5 Å². The molecule has 0 spiro atoms. The molecule has 5 heteroatoms. The molecule has 0 saturated carbocycles. The summed E-state index contributed by atoms with van der Waals surface area (Å²) < 4.78 is 14.8. The van der Waals surface area contributed by atoms with Crippen molar-refractivity contribution in [3.63, 3.8) is 0 Å². The molecule has 20 heavy (non-hydrogen) atoms. The van der Waals surface area contributed by atoms with Crippen LogP contribution in [0.3, 0.4) is 0 Å². The van der Waals surface area contributed by atoms with E-state index in [2.05, 4.69) is 10.1 Å². The average molecular weight is 271 g/mol. The van der Waals surface area contributed by atoms with E-state index in [9.17, 15) is 9.18 Å². The molecule has 0 bridgehead atoms. The van der Waals surface area contributed by atoms with Gasteiger partial charge < -0.3 is 0 Å². The van der Waals surface area contributed by atoms with Gasteiger partial charge in [-0.25, -0.2) is 13.9 Å². The number of aryl methyl sites for hydroxylation is 2. The van der Waals surface area contributed by atoms with Crippen LogP contribution in [-0.4, -0.2) is 14.6 Å². The van der Waals surface area contributed by atoms with Gasteiger partial charge in [-0.3, -0.25) is 9.89 Å². The van der Waals surface area contributed by atoms with Crippen molar-refractivity contribution in [3.05, 3.63) is 57.4 Å². The number of aromatic nitrogens is 3. The molecule has 0 atom stereocenters. The Balaban J connectivity index is 2.43. The Labute approximate surface area is 114 Å². The lowest BCUT2D eigenvalue weighted by Crippen LogP contribution is -2.19. The molecule has 3 aromatic rings. The number of hydrogen-bond donors (Lipinski definition) is 1. The molecule has 0 aliphatic heterocycles. The summed E-state index contributed by atoms with van der Waals surface area (Å²) in [6, 6.07) is 6.29. The standard InChI is InChI=1S/C15H14FN3O/c1-8-9(2)17-14-13(10(3)18-19(14)15(8)20)11-5-4-6-12(16)7-11/h4-7,18H,1-3H3. The van der Waals surface area contributed by atoms with Gasteiger partial charge in [0, 0.05) is 22.5 Å². The number of aromatic amines is 1. The predicted octanol–water partition coefficient (Wildman–Crippen LogP) is 2.75. The van der Waals surface area contributed by atoms with Gasteiger partial charge in [0.05, 0.1) is 0 Å². The van der Waals surface area contributed by atoms with Crippen molar-refractivity contribution in [2.24, 2.45) is 0 Å². The van der Waals surface area contributed by atoms with Crippen LogP contribution in [0, 0.1) is 26.6 Å². The Morgan fingerprint density at radius 1 is 1.25 bits per heavy atom. The molecule has 0 saturated heterocycles. The Bertz CT molecular complexity index is 877. The number of H-pyrrole nitrogens is 1. The minimum Gasteiger partial charge on any atom is -0.293 e. The van der Waals surface area contributed by atoms with Crippen molar-refractivity contribution in [2.45, 2.75) is 20.8 Å². The molecular formula is C15H14FN3O. The summed E-state index contributed by atoms with van der Waals surface area (Å²) in [6.45, 7) is 5.39. The molecule has 0 unspecified atom stereocenters. The van der Waals surface area contributed by atoms with E-state index >= 15 is 0 Å². The summed E-state index contributed by atoms with van der Waals surface area (Å²) >= 11 is 0. The summed E-state index contributed by atoms with van der Waals surface area (Å²) in [5, 5.41) is 3.00. The molecule has 0 aliphatic carbocycles. The number of benzene rings is 1. The zero-order valence-electron chi connectivity index (χ0n) is 11.5. The minimum absolute atomic E-state index is 0.127. The van der Waals surface area contributed by atoms with E-state index in [4.69, 9.17) is 0 Å². The van der Waals surface area contributed by atoms with E-state index in [1.54, 1.807) is 26.0 Å². The third-order valence-corrected chi connectivity index (χ3v) is 3.54. The molecule has 0 amide bonds. The van der Waals surface area contributed by atoms with Crippen LogP contribution in [0.4, 0.5) is 4.39 Å². The van der Waals surface area contributed by atoms with Gasteiger partial charge in [-0.05, 0) is 38.5 Å². The zero-order chi connectivity index (χ0) is 14.4. The Hall–Kier alpha value is -2.43. The normalized spacial score (nSPS) is 11.2. The fraction of sp³-hybridized carbons (Fsp3) is 0.200. The molecule has 0 radical (unpaired) electrons. The van der Waals surface area contributed by atoms with Crippen LogP contribution in [0.15, 0.2) is 29.1 Å². The largest absolute Gasteiger partial charge is 0.293 e. The van der Waals surface area contributed by atoms with E-state index in [1.165, 1.54) is 16.6 Å². The van der Waals surface area contributed by atoms with E-state index in [-0.39, 0.29) is 11.4 Å². The molecule has 3 rings (SSSR count). The number of rotatable bonds is 1. The summed E-state index contributed by atoms with van der Waals surface area (Å²) in [4.78, 5) is 16.7. The topological polar surface area (TPSA) is 50.2 Å². The number of hydrogen-bond acceptors (Lipinski definition) is 2. The third-order valence-electron chi connectivity index (χ3n) is 3.54. The molecule has 0 fully saturated rings. The summed E-state index contributed by atoms with van der Waals surface area (Å²) in [6.07, 6.45) is 0. The van der Waals surface area contributed by atoms with E-state index in [1.807, 2.05) is 6.92 Å². The fourth-order valence-corrected chi connectivity index (χ4v) is 2.36. The van der Waals surface area contributed by atoms with Gasteiger partial charge in [-0.2, -0.15) is 0 Å². The van der Waals surface area contributed by atoms with E-state index < -0.39 is 0 Å². The second-order valence-corrected chi connectivity index (χ2v) is 4.91. The first kappa shape index (κ1) is 12.6. The highest BCUT2D eigenvalue weighted by Crippen LogP contribution is 2.27. The molecular weight excluding hydrogens is 257 g/mol. The van der Waals surface area contributed by atoms with Crippen molar-refractivity contribution in [2.75, 3.05) is 0 Å². The number of halogens is 1. The van der Waals surface area contributed by atoms with Gasteiger partial charge in [0.2, 0.25) is 0 Å². The molecule has 1 aromatic carbocycles. The molecule has 4 nitrogen and oxygen atoms in total. The Kier molecular flexibility index (Phi) is 2.71. The first-order chi connectivity index (χ1) is 9.49. The lowest BCUT2D eigenvalue weighted by atomic mass is 10.1. The predicted molar refractivity (Wildman–Crippen MR) is 75.4 cm³/mol. The quantitative estimate of drug-likeness (QED) is 0.740. The monoisotopic (exact) mass is 271 g/mol. The lowest BCUT2D eigenvalue weighted by molar-refractivity contribution is 0.628. The van der Waals surface area contributed by atoms with Gasteiger partial charge in [0.15, 0.2) is 5.65 Å². The Morgan fingerprint density at radius 2 is 2.00 bits per heavy atom. The summed E-state index contributed by atoms with van der Waals surface area (Å²) in [5.74, 6) is -0.313. The van der Waals surface area contributed by atoms with Gasteiger partial charge in [0.1, 0.15) is 5.82 Å². The molecule has 102 valence electrons. The average Bonchev–Trinajstić information content (AvgIpc) is 2.73. The smallest absolute Gasteiger partial charge is 0.275 e. The van der Waals surface area contributed by atoms with Gasteiger partial charge in [0.25, 0.3) is 5.56 Å². The highest BCUT2D eigenvalue weighted by atomic mass is 19.1. The molecule has 1 N–H and O–H groups in total. The van der Waals surface area contributed by atoms with Gasteiger partial charge in [-0.1, -0.05) is 12.1 Å². The fourth-order valence-electron chi connectivity index (χ4n) is 2.36. The van der Waals surface area contributed by atoms with Crippen LogP contribution in [0.2, 0.25) is 0 Å². The molecule has 0 aliphatic rings. The van der Waals surface area contributed by atoms with Crippen LogP contribution in [-0.2, 0) is 0 Å². The summed E-state index contributed by atoms with van der Waals surface area (Å²) in [5.41, 5.74) is 3.94. The van der Waals surface area contributed by atoms with Crippen LogP contribution in [0.5, 0.6) is 0 Å². The highest BCUT2D eigenvalue weighted by molar-refractivity contribution is 5.79. The van der Waals surface area contributed by atoms with Crippen molar-refractivity contribution in [3.8, 4) is 11.1 Å². The van der Waals surface area contributed by atoms with Crippen molar-refractivity contribution in [1.29, 1.82) is 0 Å². The molecule has 2 heterocycles. The van der Waals surface area contributed by atoms with Gasteiger partial charge >= 0.3 is 0 Å². The lowest BCUT2D eigenvalue weighted by Gasteiger charge is -2.03. The van der Waals surface area contributed by atoms with Crippen molar-refractivity contribution in [1.82, 2.24) is 14.6 Å². The van der Waals surface area contributed by atoms with Gasteiger partial charge in [-0.15, -0.1) is 0 Å². The maximum Gasteiger partial charge on any atom is 0.275 e. The van der Waals surface area contributed by atoms with Crippen molar-refractivity contribution >= 4 is 5.65 Å². The number of nitrogens with zero attached hydrogens (tertiary/aromatic N) is 2. The van der Waals surface area contributed by atoms with Crippen LogP contribution in [0.25, 0.3) is 16.8 Å². The van der Waals surface area contributed by atoms with Crippen molar-refractivity contribution < 1.29 is 4.39 Å². The first-order valence-electron chi connectivity index (χ1n) is 6.33. The maximum absolute atomic E-state index is 13.4. The van der Waals surface area contributed by atoms with Crippen LogP contribution in [0.1, 0.15) is 17.0 Å². The zero-order valence-corrected chi connectivity index (χ0v) is 11.5. The van der Waals surface area contributed by atoms with Crippen LogP contribution >= 0.6 is 0 Å². The second-order valence-electron chi connectivity index (χ2n) is 4.91. The number of fused-ring (bicyclic) bond motifs is 1. The third kappa shape index (κ3) is 1.74. The molecule has 2 aromatic heterocycles. The highest BCUT2D eigenvalue weighted by Gasteiger charge is 2.16. The minimum atomic E-state index is -0.313.